The Bertz CT molecular complexity index is 1060. The van der Waals surface area contributed by atoms with E-state index >= 15 is 0 Å². The predicted octanol–water partition coefficient (Wildman–Crippen LogP) is 3.27. The zero-order chi connectivity index (χ0) is 23.5. The van der Waals surface area contributed by atoms with Gasteiger partial charge in [-0.05, 0) is 25.8 Å². The number of hydrogen-bond acceptors (Lipinski definition) is 7. The highest BCUT2D eigenvalue weighted by Crippen LogP contribution is 2.28. The third-order valence-electron chi connectivity index (χ3n) is 6.09. The fraction of sp³-hybridized carbons (Fsp3) is 0.545. The van der Waals surface area contributed by atoms with Crippen LogP contribution in [0.5, 0.6) is 0 Å². The molecule has 1 aromatic heterocycles. The molecule has 1 aliphatic heterocycles. The molecule has 0 spiro atoms. The van der Waals surface area contributed by atoms with Gasteiger partial charge in [0, 0.05) is 61.9 Å². The highest BCUT2D eigenvalue weighted by atomic mass is 32.2. The Hall–Kier alpha value is -2.59. The molecule has 1 atom stereocenters. The number of aryl methyl sites for hydroxylation is 1. The van der Waals surface area contributed by atoms with Gasteiger partial charge in [0.05, 0.1) is 10.7 Å². The van der Waals surface area contributed by atoms with Gasteiger partial charge in [0.1, 0.15) is 11.6 Å². The van der Waals surface area contributed by atoms with Crippen molar-refractivity contribution in [2.45, 2.75) is 46.5 Å². The van der Waals surface area contributed by atoms with Gasteiger partial charge >= 0.3 is 0 Å². The van der Waals surface area contributed by atoms with E-state index in [2.05, 4.69) is 18.7 Å². The summed E-state index contributed by atoms with van der Waals surface area (Å²) in [7, 11) is -3.21. The lowest BCUT2D eigenvalue weighted by molar-refractivity contribution is -0.384. The van der Waals surface area contributed by atoms with Crippen LogP contribution in [0.1, 0.15) is 55.8 Å². The number of non-ortho nitro benzene ring substituents is 1. The minimum atomic E-state index is -3.21. The SMILES string of the molecule is CCC(C)c1nc(C)c(Cc2ccc([N+](=O)[O-])cc2)c(N2CCN(S(=O)(=O)CC)CC2)n1. The van der Waals surface area contributed by atoms with E-state index in [9.17, 15) is 18.5 Å². The van der Waals surface area contributed by atoms with Crippen molar-refractivity contribution in [2.24, 2.45) is 0 Å². The van der Waals surface area contributed by atoms with Crippen LogP contribution in [-0.4, -0.2) is 59.5 Å². The molecule has 2 heterocycles. The largest absolute Gasteiger partial charge is 0.354 e. The second kappa shape index (κ2) is 9.91. The summed E-state index contributed by atoms with van der Waals surface area (Å²) < 4.78 is 26.0. The lowest BCUT2D eigenvalue weighted by Crippen LogP contribution is -2.49. The predicted molar refractivity (Wildman–Crippen MR) is 125 cm³/mol. The second-order valence-corrected chi connectivity index (χ2v) is 10.4. The zero-order valence-corrected chi connectivity index (χ0v) is 19.9. The maximum Gasteiger partial charge on any atom is 0.269 e. The molecular weight excluding hydrogens is 430 g/mol. The zero-order valence-electron chi connectivity index (χ0n) is 19.1. The average Bonchev–Trinajstić information content (AvgIpc) is 2.80. The Morgan fingerprint density at radius 1 is 1.09 bits per heavy atom. The van der Waals surface area contributed by atoms with Crippen LogP contribution in [0.2, 0.25) is 0 Å². The summed E-state index contributed by atoms with van der Waals surface area (Å²) in [5.74, 6) is 1.93. The van der Waals surface area contributed by atoms with Gasteiger partial charge in [-0.3, -0.25) is 10.1 Å². The van der Waals surface area contributed by atoms with Gasteiger partial charge in [-0.15, -0.1) is 0 Å². The lowest BCUT2D eigenvalue weighted by Gasteiger charge is -2.36. The van der Waals surface area contributed by atoms with Crippen molar-refractivity contribution in [3.8, 4) is 0 Å². The summed E-state index contributed by atoms with van der Waals surface area (Å²) in [6.45, 7) is 9.80. The van der Waals surface area contributed by atoms with E-state index in [-0.39, 0.29) is 17.4 Å². The molecule has 9 nitrogen and oxygen atoms in total. The van der Waals surface area contributed by atoms with E-state index in [0.29, 0.717) is 32.6 Å². The molecule has 174 valence electrons. The first-order valence-corrected chi connectivity index (χ1v) is 12.6. The van der Waals surface area contributed by atoms with Crippen molar-refractivity contribution in [1.82, 2.24) is 14.3 Å². The molecule has 10 heteroatoms. The van der Waals surface area contributed by atoms with Gasteiger partial charge in [0.15, 0.2) is 0 Å². The van der Waals surface area contributed by atoms with Gasteiger partial charge in [-0.25, -0.2) is 18.4 Å². The van der Waals surface area contributed by atoms with Crippen molar-refractivity contribution in [2.75, 3.05) is 36.8 Å². The molecule has 0 saturated carbocycles. The van der Waals surface area contributed by atoms with Crippen LogP contribution in [0.4, 0.5) is 11.5 Å². The smallest absolute Gasteiger partial charge is 0.269 e. The topological polar surface area (TPSA) is 110 Å². The van der Waals surface area contributed by atoms with E-state index in [0.717, 1.165) is 34.9 Å². The first kappa shape index (κ1) is 24.1. The quantitative estimate of drug-likeness (QED) is 0.438. The normalized spacial score (nSPS) is 16.2. The lowest BCUT2D eigenvalue weighted by atomic mass is 10.0. The van der Waals surface area contributed by atoms with E-state index in [4.69, 9.17) is 9.97 Å². The molecule has 32 heavy (non-hydrogen) atoms. The molecule has 1 aromatic carbocycles. The molecule has 0 bridgehead atoms. The Kier molecular flexibility index (Phi) is 7.45. The number of aromatic nitrogens is 2. The van der Waals surface area contributed by atoms with Crippen LogP contribution in [0, 0.1) is 17.0 Å². The Morgan fingerprint density at radius 2 is 1.72 bits per heavy atom. The minimum Gasteiger partial charge on any atom is -0.354 e. The number of nitrogens with zero attached hydrogens (tertiary/aromatic N) is 5. The van der Waals surface area contributed by atoms with Crippen LogP contribution in [0.15, 0.2) is 24.3 Å². The number of piperazine rings is 1. The van der Waals surface area contributed by atoms with E-state index in [1.54, 1.807) is 23.4 Å². The number of rotatable bonds is 8. The molecule has 1 unspecified atom stereocenters. The minimum absolute atomic E-state index is 0.0577. The molecule has 3 rings (SSSR count). The highest BCUT2D eigenvalue weighted by molar-refractivity contribution is 7.89. The van der Waals surface area contributed by atoms with Gasteiger partial charge in [-0.2, -0.15) is 4.31 Å². The molecule has 0 aliphatic carbocycles. The summed E-state index contributed by atoms with van der Waals surface area (Å²) >= 11 is 0. The summed E-state index contributed by atoms with van der Waals surface area (Å²) in [5, 5.41) is 11.0. The number of benzene rings is 1. The van der Waals surface area contributed by atoms with E-state index < -0.39 is 14.9 Å². The third-order valence-corrected chi connectivity index (χ3v) is 7.97. The van der Waals surface area contributed by atoms with Crippen molar-refractivity contribution in [3.63, 3.8) is 0 Å². The number of hydrogen-bond donors (Lipinski definition) is 0. The monoisotopic (exact) mass is 461 g/mol. The third kappa shape index (κ3) is 5.24. The fourth-order valence-electron chi connectivity index (χ4n) is 3.77. The molecule has 1 saturated heterocycles. The van der Waals surface area contributed by atoms with Crippen molar-refractivity contribution in [3.05, 3.63) is 57.0 Å². The molecule has 0 N–H and O–H groups in total. The number of nitro groups is 1. The molecule has 1 aliphatic rings. The van der Waals surface area contributed by atoms with Gasteiger partial charge < -0.3 is 4.90 Å². The van der Waals surface area contributed by atoms with E-state index in [1.165, 1.54) is 12.1 Å². The summed E-state index contributed by atoms with van der Waals surface area (Å²) in [4.78, 5) is 22.4. The van der Waals surface area contributed by atoms with Crippen LogP contribution < -0.4 is 4.90 Å². The second-order valence-electron chi connectivity index (χ2n) is 8.17. The van der Waals surface area contributed by atoms with Crippen molar-refractivity contribution >= 4 is 21.5 Å². The Balaban J connectivity index is 1.94. The average molecular weight is 462 g/mol. The summed E-state index contributed by atoms with van der Waals surface area (Å²) in [6.07, 6.45) is 1.47. The standard InChI is InChI=1S/C22H31N5O4S/c1-5-16(3)21-23-17(4)20(15-18-7-9-19(10-8-18)27(28)29)22(24-21)25-11-13-26(14-12-25)32(30,31)6-2/h7-10,16H,5-6,11-15H2,1-4H3. The van der Waals surface area contributed by atoms with Gasteiger partial charge in [0.2, 0.25) is 10.0 Å². The Morgan fingerprint density at radius 3 is 2.25 bits per heavy atom. The Labute approximate surface area is 189 Å². The van der Waals surface area contributed by atoms with Crippen molar-refractivity contribution in [1.29, 1.82) is 0 Å². The van der Waals surface area contributed by atoms with Crippen LogP contribution in [0.3, 0.4) is 0 Å². The molecule has 0 amide bonds. The number of sulfonamides is 1. The molecule has 1 fully saturated rings. The number of nitro benzene ring substituents is 1. The maximum absolute atomic E-state index is 12.3. The summed E-state index contributed by atoms with van der Waals surface area (Å²) in [6, 6.07) is 6.53. The summed E-state index contributed by atoms with van der Waals surface area (Å²) in [5.41, 5.74) is 2.85. The van der Waals surface area contributed by atoms with Gasteiger partial charge in [0.25, 0.3) is 5.69 Å². The molecule has 0 radical (unpaired) electrons. The van der Waals surface area contributed by atoms with Crippen LogP contribution >= 0.6 is 0 Å². The van der Waals surface area contributed by atoms with Crippen LogP contribution in [-0.2, 0) is 16.4 Å². The van der Waals surface area contributed by atoms with Gasteiger partial charge in [-0.1, -0.05) is 26.0 Å². The first-order valence-electron chi connectivity index (χ1n) is 11.0. The first-order chi connectivity index (χ1) is 15.2. The maximum atomic E-state index is 12.3. The van der Waals surface area contributed by atoms with Crippen molar-refractivity contribution < 1.29 is 13.3 Å². The number of anilines is 1. The van der Waals surface area contributed by atoms with E-state index in [1.807, 2.05) is 6.92 Å². The highest BCUT2D eigenvalue weighted by Gasteiger charge is 2.28. The van der Waals surface area contributed by atoms with Crippen LogP contribution in [0.25, 0.3) is 0 Å². The molecular formula is C22H31N5O4S. The molecule has 2 aromatic rings. The fourth-order valence-corrected chi connectivity index (χ4v) is 4.86.